The zero-order valence-electron chi connectivity index (χ0n) is 30.5. The van der Waals surface area contributed by atoms with Gasteiger partial charge in [0.2, 0.25) is 11.8 Å². The molecule has 57 heavy (non-hydrogen) atoms. The lowest BCUT2D eigenvalue weighted by molar-refractivity contribution is -0.192. The molecule has 10 N–H and O–H groups in total. The molecule has 1 aliphatic heterocycles. The smallest absolute Gasteiger partial charge is 0.490 e. The summed E-state index contributed by atoms with van der Waals surface area (Å²) >= 11 is 0. The van der Waals surface area contributed by atoms with Gasteiger partial charge in [-0.3, -0.25) is 34.8 Å². The van der Waals surface area contributed by atoms with Crippen LogP contribution in [0.25, 0.3) is 0 Å². The Bertz CT molecular complexity index is 1960. The van der Waals surface area contributed by atoms with Gasteiger partial charge in [-0.25, -0.2) is 4.79 Å². The summed E-state index contributed by atoms with van der Waals surface area (Å²) in [4.78, 5) is 77.0. The maximum atomic E-state index is 14.3. The molecular formula is C37H41F3N8O9. The minimum Gasteiger partial charge on any atom is -0.497 e. The van der Waals surface area contributed by atoms with Gasteiger partial charge in [0.1, 0.15) is 36.0 Å². The Balaban J connectivity index is 0.00000113. The number of amidine groups is 2. The van der Waals surface area contributed by atoms with E-state index in [1.165, 1.54) is 53.3 Å². The zero-order valence-corrected chi connectivity index (χ0v) is 30.5. The molecule has 0 unspecified atom stereocenters. The molecule has 17 nitrogen and oxygen atoms in total. The normalized spacial score (nSPS) is 14.3. The van der Waals surface area contributed by atoms with Gasteiger partial charge in [-0.15, -0.1) is 0 Å². The van der Waals surface area contributed by atoms with Crippen molar-refractivity contribution in [2.75, 3.05) is 33.3 Å². The topological polar surface area (TPSA) is 282 Å². The molecule has 0 radical (unpaired) electrons. The van der Waals surface area contributed by atoms with Crippen LogP contribution in [0.1, 0.15) is 50.2 Å². The fraction of sp³-hybridized carbons (Fsp3) is 0.297. The number of nitrogens with two attached hydrogens (primary N) is 2. The van der Waals surface area contributed by atoms with Crippen LogP contribution in [0.4, 0.5) is 13.2 Å². The highest BCUT2D eigenvalue weighted by Gasteiger charge is 2.40. The van der Waals surface area contributed by atoms with E-state index in [1.54, 1.807) is 36.4 Å². The largest absolute Gasteiger partial charge is 0.497 e. The van der Waals surface area contributed by atoms with E-state index in [9.17, 15) is 42.3 Å². The number of aliphatic carboxylic acids is 2. The molecule has 3 aromatic carbocycles. The van der Waals surface area contributed by atoms with Crippen molar-refractivity contribution >= 4 is 47.2 Å². The van der Waals surface area contributed by atoms with Crippen LogP contribution >= 0.6 is 0 Å². The van der Waals surface area contributed by atoms with Crippen LogP contribution in [0.2, 0.25) is 0 Å². The van der Waals surface area contributed by atoms with Gasteiger partial charge >= 0.3 is 18.1 Å². The number of nitrogens with one attached hydrogen (secondary N) is 4. The van der Waals surface area contributed by atoms with Crippen molar-refractivity contribution < 1.29 is 56.9 Å². The minimum atomic E-state index is -5.08. The molecule has 3 aromatic rings. The number of amides is 4. The number of carbonyl (C=O) groups excluding carboxylic acids is 4. The van der Waals surface area contributed by atoms with Crippen LogP contribution in [0.5, 0.6) is 5.75 Å². The van der Waals surface area contributed by atoms with Gasteiger partial charge in [0, 0.05) is 48.3 Å². The number of nitrogen functional groups attached to an aromatic ring is 2. The third-order valence-electron chi connectivity index (χ3n) is 8.49. The molecule has 304 valence electrons. The fourth-order valence-corrected chi connectivity index (χ4v) is 5.54. The van der Waals surface area contributed by atoms with Gasteiger partial charge in [-0.05, 0) is 54.8 Å². The Morgan fingerprint density at radius 3 is 1.79 bits per heavy atom. The molecule has 0 aliphatic carbocycles. The summed E-state index contributed by atoms with van der Waals surface area (Å²) in [6.07, 6.45) is -4.62. The predicted octanol–water partition coefficient (Wildman–Crippen LogP) is 1.57. The predicted molar refractivity (Wildman–Crippen MR) is 198 cm³/mol. The second kappa shape index (κ2) is 20.1. The average molecular weight is 799 g/mol. The van der Waals surface area contributed by atoms with E-state index in [-0.39, 0.29) is 62.0 Å². The number of alkyl halides is 3. The molecule has 1 heterocycles. The second-order valence-corrected chi connectivity index (χ2v) is 12.5. The van der Waals surface area contributed by atoms with Crippen molar-refractivity contribution in [3.8, 4) is 5.75 Å². The second-order valence-electron chi connectivity index (χ2n) is 12.5. The molecule has 1 saturated heterocycles. The number of nitrogens with zero attached hydrogens (tertiary/aromatic N) is 2. The maximum absolute atomic E-state index is 14.3. The van der Waals surface area contributed by atoms with Gasteiger partial charge in [0.25, 0.3) is 11.8 Å². The third kappa shape index (κ3) is 13.1. The molecule has 20 heteroatoms. The summed E-state index contributed by atoms with van der Waals surface area (Å²) in [5.74, 6) is -5.65. The SMILES string of the molecule is COc1ccc(C[C@H](NC(=O)c2ccc(C(=N)N)cc2)C(=O)N2CCN(CC(=O)O)C(=O)[C@@H]2CCCNC(=O)c2ccc(C(=N)N)cc2)cc1.O=C(O)C(F)(F)F. The van der Waals surface area contributed by atoms with Crippen molar-refractivity contribution in [1.29, 1.82) is 10.8 Å². The Labute approximate surface area is 323 Å². The van der Waals surface area contributed by atoms with Crippen molar-refractivity contribution in [3.05, 3.63) is 101 Å². The van der Waals surface area contributed by atoms with Crippen molar-refractivity contribution in [1.82, 2.24) is 20.4 Å². The standard InChI is InChI=1S/C35H40N8O7.C2HF3O2/c1-50-26-14-4-21(5-15-26)19-27(41-33(47)25-12-8-23(9-13-25)31(38)39)34(48)43-18-17-42(20-29(44)45)35(49)28(43)3-2-16-40-32(46)24-10-6-22(7-11-24)30(36)37;3-2(4,5)1(6)7/h4-15,27-28H,2-3,16-20H2,1H3,(H3,36,37)(H3,38,39)(H,40,46)(H,41,47)(H,44,45);(H,6,7)/t27-,28-;/m0./s1. The van der Waals surface area contributed by atoms with E-state index in [1.807, 2.05) is 0 Å². The molecule has 4 amide bonds. The summed E-state index contributed by atoms with van der Waals surface area (Å²) in [5.41, 5.74) is 13.2. The number of carbonyl (C=O) groups is 6. The van der Waals surface area contributed by atoms with E-state index in [2.05, 4.69) is 10.6 Å². The number of rotatable bonds is 15. The number of halogens is 3. The van der Waals surface area contributed by atoms with Crippen LogP contribution < -0.4 is 26.8 Å². The molecule has 0 bridgehead atoms. The maximum Gasteiger partial charge on any atom is 0.490 e. The van der Waals surface area contributed by atoms with Gasteiger partial charge in [-0.2, -0.15) is 13.2 Å². The number of piperazine rings is 1. The lowest BCUT2D eigenvalue weighted by Gasteiger charge is -2.41. The Hall–Kier alpha value is -6.99. The Kier molecular flexibility index (Phi) is 15.6. The summed E-state index contributed by atoms with van der Waals surface area (Å²) in [6.45, 7) is -0.372. The summed E-state index contributed by atoms with van der Waals surface area (Å²) in [7, 11) is 1.53. The molecule has 1 fully saturated rings. The van der Waals surface area contributed by atoms with E-state index >= 15 is 0 Å². The molecule has 1 aliphatic rings. The third-order valence-corrected chi connectivity index (χ3v) is 8.49. The van der Waals surface area contributed by atoms with Crippen LogP contribution in [0, 0.1) is 10.8 Å². The number of benzene rings is 3. The number of methoxy groups -OCH3 is 1. The number of carboxylic acid groups (broad SMARTS) is 2. The molecule has 0 aromatic heterocycles. The average Bonchev–Trinajstić information content (AvgIpc) is 3.17. The minimum absolute atomic E-state index is 0.0178. The Morgan fingerprint density at radius 2 is 1.33 bits per heavy atom. The summed E-state index contributed by atoms with van der Waals surface area (Å²) in [5, 5.41) is 37.2. The zero-order chi connectivity index (χ0) is 42.4. The van der Waals surface area contributed by atoms with Crippen molar-refractivity contribution in [2.45, 2.75) is 37.5 Å². The molecule has 0 spiro atoms. The first kappa shape index (κ1) is 44.4. The van der Waals surface area contributed by atoms with Crippen molar-refractivity contribution in [2.24, 2.45) is 11.5 Å². The highest BCUT2D eigenvalue weighted by atomic mass is 19.4. The molecule has 2 atom stereocenters. The van der Waals surface area contributed by atoms with Crippen LogP contribution in [0.15, 0.2) is 72.8 Å². The van der Waals surface area contributed by atoms with Gasteiger partial charge in [0.05, 0.1) is 7.11 Å². The van der Waals surface area contributed by atoms with Gasteiger partial charge < -0.3 is 46.9 Å². The van der Waals surface area contributed by atoms with Crippen LogP contribution in [-0.4, -0.2) is 119 Å². The highest BCUT2D eigenvalue weighted by molar-refractivity contribution is 6.01. The van der Waals surface area contributed by atoms with Crippen LogP contribution in [0.3, 0.4) is 0 Å². The van der Waals surface area contributed by atoms with Crippen LogP contribution in [-0.2, 0) is 25.6 Å². The first-order valence-corrected chi connectivity index (χ1v) is 17.0. The number of ether oxygens (including phenoxy) is 1. The summed E-state index contributed by atoms with van der Waals surface area (Å²) in [6, 6.07) is 17.0. The number of hydrogen-bond acceptors (Lipinski definition) is 9. The highest BCUT2D eigenvalue weighted by Crippen LogP contribution is 2.21. The monoisotopic (exact) mass is 798 g/mol. The van der Waals surface area contributed by atoms with E-state index in [4.69, 9.17) is 36.9 Å². The lowest BCUT2D eigenvalue weighted by atomic mass is 9.99. The van der Waals surface area contributed by atoms with Gasteiger partial charge in [-0.1, -0.05) is 36.4 Å². The summed E-state index contributed by atoms with van der Waals surface area (Å²) < 4.78 is 37.0. The van der Waals surface area contributed by atoms with E-state index in [0.717, 1.165) is 0 Å². The first-order valence-electron chi connectivity index (χ1n) is 17.0. The van der Waals surface area contributed by atoms with Crippen molar-refractivity contribution in [3.63, 3.8) is 0 Å². The first-order chi connectivity index (χ1) is 26.8. The molecular weight excluding hydrogens is 757 g/mol. The molecule has 4 rings (SSSR count). The van der Waals surface area contributed by atoms with E-state index in [0.29, 0.717) is 28.0 Å². The number of carboxylic acids is 2. The Morgan fingerprint density at radius 1 is 0.842 bits per heavy atom. The lowest BCUT2D eigenvalue weighted by Crippen LogP contribution is -2.63. The van der Waals surface area contributed by atoms with Gasteiger partial charge in [0.15, 0.2) is 0 Å². The molecule has 0 saturated carbocycles. The number of hydrogen-bond donors (Lipinski definition) is 8. The fourth-order valence-electron chi connectivity index (χ4n) is 5.54. The van der Waals surface area contributed by atoms with E-state index < -0.39 is 54.5 Å². The quantitative estimate of drug-likeness (QED) is 0.0621.